The van der Waals surface area contributed by atoms with Crippen LogP contribution in [0.2, 0.25) is 0 Å². The van der Waals surface area contributed by atoms with E-state index < -0.39 is 0 Å². The molecule has 0 saturated carbocycles. The molecule has 1 rings (SSSR count). The van der Waals surface area contributed by atoms with Crippen LogP contribution in [0.5, 0.6) is 0 Å². The lowest BCUT2D eigenvalue weighted by atomic mass is 10.1. The first-order chi connectivity index (χ1) is 5.63. The van der Waals surface area contributed by atoms with E-state index in [1.807, 2.05) is 13.8 Å². The number of rotatable bonds is 1. The zero-order valence-electron chi connectivity index (χ0n) is 7.67. The highest BCUT2D eigenvalue weighted by Gasteiger charge is 2.25. The first kappa shape index (κ1) is 9.23. The summed E-state index contributed by atoms with van der Waals surface area (Å²) < 4.78 is 0. The van der Waals surface area contributed by atoms with E-state index in [4.69, 9.17) is 0 Å². The number of carbonyl (C=O) groups is 2. The second-order valence-corrected chi connectivity index (χ2v) is 3.50. The van der Waals surface area contributed by atoms with E-state index in [1.165, 1.54) is 4.90 Å². The molecule has 0 bridgehead atoms. The summed E-state index contributed by atoms with van der Waals surface area (Å²) in [5.74, 6) is -0.0910. The van der Waals surface area contributed by atoms with Crippen molar-refractivity contribution in [2.75, 3.05) is 6.54 Å². The maximum atomic E-state index is 11.4. The van der Waals surface area contributed by atoms with E-state index in [2.05, 4.69) is 0 Å². The number of carbonyl (C=O) groups excluding carboxylic acids is 2. The number of hydrogen-bond acceptors (Lipinski definition) is 2. The van der Waals surface area contributed by atoms with Crippen LogP contribution in [0.25, 0.3) is 0 Å². The normalized spacial score (nSPS) is 18.6. The van der Waals surface area contributed by atoms with E-state index >= 15 is 0 Å². The Bertz CT molecular complexity index is 199. The van der Waals surface area contributed by atoms with E-state index in [0.717, 1.165) is 12.8 Å². The van der Waals surface area contributed by atoms with E-state index in [1.54, 1.807) is 0 Å². The van der Waals surface area contributed by atoms with Crippen molar-refractivity contribution in [1.82, 2.24) is 4.90 Å². The lowest BCUT2D eigenvalue weighted by Gasteiger charge is -2.26. The zero-order chi connectivity index (χ0) is 9.14. The molecule has 0 spiro atoms. The highest BCUT2D eigenvalue weighted by molar-refractivity contribution is 5.96. The van der Waals surface area contributed by atoms with Crippen LogP contribution in [0.15, 0.2) is 0 Å². The Labute approximate surface area is 72.7 Å². The van der Waals surface area contributed by atoms with Gasteiger partial charge < -0.3 is 0 Å². The summed E-state index contributed by atoms with van der Waals surface area (Å²) in [5.41, 5.74) is 0. The van der Waals surface area contributed by atoms with Gasteiger partial charge in [-0.05, 0) is 12.8 Å². The molecule has 1 aliphatic heterocycles. The average Bonchev–Trinajstić information content (AvgIpc) is 2.04. The van der Waals surface area contributed by atoms with Crippen LogP contribution in [0.4, 0.5) is 0 Å². The summed E-state index contributed by atoms with van der Waals surface area (Å²) in [6, 6.07) is 0. The molecule has 12 heavy (non-hydrogen) atoms. The SMILES string of the molecule is CC(C)C(=O)N1CCCCC1=O. The molecule has 0 radical (unpaired) electrons. The zero-order valence-corrected chi connectivity index (χ0v) is 7.67. The molecule has 0 N–H and O–H groups in total. The Morgan fingerprint density at radius 2 is 2.08 bits per heavy atom. The van der Waals surface area contributed by atoms with Gasteiger partial charge in [0.15, 0.2) is 0 Å². The van der Waals surface area contributed by atoms with E-state index in [-0.39, 0.29) is 17.7 Å². The molecule has 68 valence electrons. The molecule has 0 aromatic rings. The lowest BCUT2D eigenvalue weighted by Crippen LogP contribution is -2.42. The number of nitrogens with zero attached hydrogens (tertiary/aromatic N) is 1. The van der Waals surface area contributed by atoms with Crippen molar-refractivity contribution >= 4 is 11.8 Å². The van der Waals surface area contributed by atoms with Crippen LogP contribution in [-0.4, -0.2) is 23.3 Å². The Kier molecular flexibility index (Phi) is 2.84. The van der Waals surface area contributed by atoms with Gasteiger partial charge in [-0.25, -0.2) is 0 Å². The molecular formula is C9H15NO2. The summed E-state index contributed by atoms with van der Waals surface area (Å²) >= 11 is 0. The van der Waals surface area contributed by atoms with Gasteiger partial charge in [-0.2, -0.15) is 0 Å². The first-order valence-corrected chi connectivity index (χ1v) is 4.47. The Morgan fingerprint density at radius 3 is 2.58 bits per heavy atom. The van der Waals surface area contributed by atoms with Gasteiger partial charge in [-0.3, -0.25) is 14.5 Å². The van der Waals surface area contributed by atoms with E-state index in [9.17, 15) is 9.59 Å². The van der Waals surface area contributed by atoms with Crippen LogP contribution >= 0.6 is 0 Å². The summed E-state index contributed by atoms with van der Waals surface area (Å²) in [6.45, 7) is 4.27. The Balaban J connectivity index is 2.60. The standard InChI is InChI=1S/C9H15NO2/c1-7(2)9(12)10-6-4-3-5-8(10)11/h7H,3-6H2,1-2H3. The molecule has 3 heteroatoms. The molecule has 1 aliphatic rings. The topological polar surface area (TPSA) is 37.4 Å². The van der Waals surface area contributed by atoms with Crippen LogP contribution in [0.1, 0.15) is 33.1 Å². The van der Waals surface area contributed by atoms with Crippen molar-refractivity contribution in [1.29, 1.82) is 0 Å². The number of hydrogen-bond donors (Lipinski definition) is 0. The van der Waals surface area contributed by atoms with Crippen molar-refractivity contribution in [2.24, 2.45) is 5.92 Å². The first-order valence-electron chi connectivity index (χ1n) is 4.47. The molecule has 0 unspecified atom stereocenters. The third-order valence-electron chi connectivity index (χ3n) is 2.08. The van der Waals surface area contributed by atoms with Gasteiger partial charge >= 0.3 is 0 Å². The maximum Gasteiger partial charge on any atom is 0.231 e. The molecule has 2 amide bonds. The van der Waals surface area contributed by atoms with Crippen LogP contribution < -0.4 is 0 Å². The van der Waals surface area contributed by atoms with Gasteiger partial charge in [0.2, 0.25) is 11.8 Å². The number of likely N-dealkylation sites (tertiary alicyclic amines) is 1. The smallest absolute Gasteiger partial charge is 0.231 e. The predicted octanol–water partition coefficient (Wildman–Crippen LogP) is 1.18. The molecule has 1 fully saturated rings. The van der Waals surface area contributed by atoms with Crippen LogP contribution in [-0.2, 0) is 9.59 Å². The monoisotopic (exact) mass is 169 g/mol. The Morgan fingerprint density at radius 1 is 1.42 bits per heavy atom. The molecule has 1 heterocycles. The number of imide groups is 1. The molecule has 0 aromatic carbocycles. The lowest BCUT2D eigenvalue weighted by molar-refractivity contribution is -0.148. The van der Waals surface area contributed by atoms with Gasteiger partial charge in [0.25, 0.3) is 0 Å². The van der Waals surface area contributed by atoms with E-state index in [0.29, 0.717) is 13.0 Å². The Hall–Kier alpha value is -0.860. The van der Waals surface area contributed by atoms with Gasteiger partial charge in [0.1, 0.15) is 0 Å². The van der Waals surface area contributed by atoms with Crippen LogP contribution in [0.3, 0.4) is 0 Å². The maximum absolute atomic E-state index is 11.4. The van der Waals surface area contributed by atoms with Crippen molar-refractivity contribution in [3.05, 3.63) is 0 Å². The summed E-state index contributed by atoms with van der Waals surface area (Å²) in [4.78, 5) is 24.1. The summed E-state index contributed by atoms with van der Waals surface area (Å²) in [6.07, 6.45) is 2.43. The second-order valence-electron chi connectivity index (χ2n) is 3.50. The molecule has 0 aliphatic carbocycles. The second kappa shape index (κ2) is 3.70. The summed E-state index contributed by atoms with van der Waals surface area (Å²) in [5, 5.41) is 0. The van der Waals surface area contributed by atoms with Gasteiger partial charge in [-0.15, -0.1) is 0 Å². The van der Waals surface area contributed by atoms with Crippen molar-refractivity contribution in [3.8, 4) is 0 Å². The molecule has 0 atom stereocenters. The quantitative estimate of drug-likeness (QED) is 0.591. The van der Waals surface area contributed by atoms with Crippen molar-refractivity contribution in [2.45, 2.75) is 33.1 Å². The minimum absolute atomic E-state index is 0.0000463. The van der Waals surface area contributed by atoms with Gasteiger partial charge in [0.05, 0.1) is 0 Å². The fourth-order valence-corrected chi connectivity index (χ4v) is 1.35. The molecule has 0 aromatic heterocycles. The fraction of sp³-hybridized carbons (Fsp3) is 0.778. The van der Waals surface area contributed by atoms with Crippen LogP contribution in [0, 0.1) is 5.92 Å². The minimum Gasteiger partial charge on any atom is -0.282 e. The molecule has 3 nitrogen and oxygen atoms in total. The third kappa shape index (κ3) is 1.84. The fourth-order valence-electron chi connectivity index (χ4n) is 1.35. The van der Waals surface area contributed by atoms with Crippen molar-refractivity contribution in [3.63, 3.8) is 0 Å². The molecular weight excluding hydrogens is 154 g/mol. The largest absolute Gasteiger partial charge is 0.282 e. The molecule has 1 saturated heterocycles. The number of amides is 2. The summed E-state index contributed by atoms with van der Waals surface area (Å²) in [7, 11) is 0. The minimum atomic E-state index is -0.0629. The average molecular weight is 169 g/mol. The van der Waals surface area contributed by atoms with Crippen molar-refractivity contribution < 1.29 is 9.59 Å². The van der Waals surface area contributed by atoms with Gasteiger partial charge in [0, 0.05) is 18.9 Å². The van der Waals surface area contributed by atoms with Gasteiger partial charge in [-0.1, -0.05) is 13.8 Å². The predicted molar refractivity (Wildman–Crippen MR) is 45.4 cm³/mol. The number of piperidine rings is 1. The third-order valence-corrected chi connectivity index (χ3v) is 2.08. The highest BCUT2D eigenvalue weighted by Crippen LogP contribution is 2.13. The highest BCUT2D eigenvalue weighted by atomic mass is 16.2.